The molecule has 3 aromatic heterocycles. The van der Waals surface area contributed by atoms with Gasteiger partial charge in [-0.15, -0.1) is 0 Å². The maximum atomic E-state index is 13.3. The molecule has 11 nitrogen and oxygen atoms in total. The Morgan fingerprint density at radius 2 is 1.04 bits per heavy atom. The van der Waals surface area contributed by atoms with Crippen LogP contribution in [0.3, 0.4) is 0 Å². The smallest absolute Gasteiger partial charge is 0.275 e. The molecule has 5 aromatic rings. The summed E-state index contributed by atoms with van der Waals surface area (Å²) in [6.07, 6.45) is 1.70. The van der Waals surface area contributed by atoms with E-state index in [0.29, 0.717) is 47.4 Å². The number of pyridine rings is 3. The number of rotatable bonds is 14. The summed E-state index contributed by atoms with van der Waals surface area (Å²) in [6.45, 7) is 2.83. The van der Waals surface area contributed by atoms with Crippen LogP contribution < -0.4 is 20.1 Å². The zero-order valence-electron chi connectivity index (χ0n) is 26.6. The maximum Gasteiger partial charge on any atom is 0.275 e. The van der Waals surface area contributed by atoms with Crippen molar-refractivity contribution < 1.29 is 19.1 Å². The van der Waals surface area contributed by atoms with Crippen LogP contribution in [0.2, 0.25) is 0 Å². The Kier molecular flexibility index (Phi) is 10.7. The minimum atomic E-state index is -0.506. The van der Waals surface area contributed by atoms with Gasteiger partial charge in [0.25, 0.3) is 11.8 Å². The highest BCUT2D eigenvalue weighted by Crippen LogP contribution is 2.29. The molecule has 2 N–H and O–H groups in total. The molecule has 0 spiro atoms. The average Bonchev–Trinajstić information content (AvgIpc) is 3.04. The molecule has 46 heavy (non-hydrogen) atoms. The Hall–Kier alpha value is -5.13. The van der Waals surface area contributed by atoms with Crippen LogP contribution in [-0.4, -0.2) is 91.1 Å². The van der Waals surface area contributed by atoms with Crippen LogP contribution in [0.15, 0.2) is 78.9 Å². The predicted octanol–water partition coefficient (Wildman–Crippen LogP) is 5.34. The monoisotopic (exact) mass is 621 g/mol. The van der Waals surface area contributed by atoms with Gasteiger partial charge in [-0.05, 0) is 77.4 Å². The number of para-hydroxylation sites is 2. The number of nitrogens with zero attached hydrogens (tertiary/aromatic N) is 5. The van der Waals surface area contributed by atoms with Crippen molar-refractivity contribution in [1.82, 2.24) is 24.8 Å². The minimum absolute atomic E-state index is 0.0624. The van der Waals surface area contributed by atoms with Crippen molar-refractivity contribution >= 4 is 45.3 Å². The van der Waals surface area contributed by atoms with Gasteiger partial charge in [-0.3, -0.25) is 9.59 Å². The Bertz CT molecular complexity index is 1700. The number of hydrogen-bond acceptors (Lipinski definition) is 9. The number of benzene rings is 2. The predicted molar refractivity (Wildman–Crippen MR) is 181 cm³/mol. The standard InChI is InChI=1S/C35H39N7O4/c1-41(2)18-10-20-45-30-22-32(37-26-14-7-5-12-24(26)30)39-34(43)28-16-9-17-29(36-28)35(44)40-33-23-31(46-21-11-19-42(3)4)25-13-6-8-15-27(25)38-33/h5-9,12-17,22-23H,10-11,18-21H2,1-4H3,(H,37,39,43)(H,38,40,44). The molecule has 3 heterocycles. The van der Waals surface area contributed by atoms with Gasteiger partial charge in [0.1, 0.15) is 34.5 Å². The number of nitrogens with one attached hydrogen (secondary N) is 2. The van der Waals surface area contributed by atoms with E-state index in [2.05, 4.69) is 35.4 Å². The highest BCUT2D eigenvalue weighted by molar-refractivity contribution is 6.06. The Labute approximate surface area is 268 Å². The Morgan fingerprint density at radius 1 is 0.609 bits per heavy atom. The van der Waals surface area contributed by atoms with Gasteiger partial charge >= 0.3 is 0 Å². The first-order chi connectivity index (χ1) is 22.3. The van der Waals surface area contributed by atoms with Gasteiger partial charge in [0, 0.05) is 36.0 Å². The van der Waals surface area contributed by atoms with Gasteiger partial charge in [-0.25, -0.2) is 15.0 Å². The molecule has 2 aromatic carbocycles. The summed E-state index contributed by atoms with van der Waals surface area (Å²) in [5, 5.41) is 7.33. The van der Waals surface area contributed by atoms with Crippen LogP contribution in [0, 0.1) is 0 Å². The second kappa shape index (κ2) is 15.2. The summed E-state index contributed by atoms with van der Waals surface area (Å²) in [6, 6.07) is 23.3. The number of carbonyl (C=O) groups excluding carboxylic acids is 2. The van der Waals surface area contributed by atoms with E-state index < -0.39 is 11.8 Å². The fourth-order valence-electron chi connectivity index (χ4n) is 4.83. The summed E-state index contributed by atoms with van der Waals surface area (Å²) in [4.78, 5) is 44.2. The normalized spacial score (nSPS) is 11.3. The third kappa shape index (κ3) is 8.52. The van der Waals surface area contributed by atoms with Crippen molar-refractivity contribution in [3.05, 3.63) is 90.3 Å². The first kappa shape index (κ1) is 32.3. The fraction of sp³-hybridized carbons (Fsp3) is 0.286. The van der Waals surface area contributed by atoms with E-state index in [1.165, 1.54) is 0 Å². The highest BCUT2D eigenvalue weighted by atomic mass is 16.5. The summed E-state index contributed by atoms with van der Waals surface area (Å²) in [7, 11) is 8.07. The van der Waals surface area contributed by atoms with Crippen LogP contribution in [-0.2, 0) is 0 Å². The van der Waals surface area contributed by atoms with Crippen LogP contribution in [0.25, 0.3) is 21.8 Å². The molecular weight excluding hydrogens is 582 g/mol. The lowest BCUT2D eigenvalue weighted by atomic mass is 10.2. The van der Waals surface area contributed by atoms with Gasteiger partial charge in [0.2, 0.25) is 0 Å². The zero-order valence-corrected chi connectivity index (χ0v) is 26.6. The number of hydrogen-bond donors (Lipinski definition) is 2. The SMILES string of the molecule is CN(C)CCCOc1cc(NC(=O)c2cccc(C(=O)Nc3cc(OCCCN(C)C)c4ccccc4n3)n2)nc2ccccc12. The first-order valence-electron chi connectivity index (χ1n) is 15.2. The molecule has 0 bridgehead atoms. The molecule has 0 saturated carbocycles. The lowest BCUT2D eigenvalue weighted by Gasteiger charge is -2.14. The van der Waals surface area contributed by atoms with Crippen LogP contribution in [0.1, 0.15) is 33.8 Å². The molecule has 5 rings (SSSR count). The van der Waals surface area contributed by atoms with E-state index in [1.807, 2.05) is 76.7 Å². The summed E-state index contributed by atoms with van der Waals surface area (Å²) in [5.41, 5.74) is 1.50. The van der Waals surface area contributed by atoms with Gasteiger partial charge in [-0.2, -0.15) is 0 Å². The summed E-state index contributed by atoms with van der Waals surface area (Å²) < 4.78 is 12.1. The Balaban J connectivity index is 1.30. The third-order valence-electron chi connectivity index (χ3n) is 7.07. The topological polar surface area (TPSA) is 122 Å². The van der Waals surface area contributed by atoms with Gasteiger partial charge in [-0.1, -0.05) is 30.3 Å². The molecule has 0 aliphatic rings. The molecule has 0 fully saturated rings. The third-order valence-corrected chi connectivity index (χ3v) is 7.07. The van der Waals surface area contributed by atoms with Crippen LogP contribution in [0.4, 0.5) is 11.6 Å². The molecule has 238 valence electrons. The number of amides is 2. The van der Waals surface area contributed by atoms with Crippen molar-refractivity contribution in [1.29, 1.82) is 0 Å². The molecule has 0 radical (unpaired) electrons. The second-order valence-corrected chi connectivity index (χ2v) is 11.4. The maximum absolute atomic E-state index is 13.3. The molecule has 0 atom stereocenters. The number of carbonyl (C=O) groups is 2. The van der Waals surface area contributed by atoms with E-state index >= 15 is 0 Å². The van der Waals surface area contributed by atoms with Crippen molar-refractivity contribution in [3.63, 3.8) is 0 Å². The molecule has 0 aliphatic heterocycles. The van der Waals surface area contributed by atoms with Crippen molar-refractivity contribution in [2.24, 2.45) is 0 Å². The van der Waals surface area contributed by atoms with E-state index in [0.717, 1.165) is 36.7 Å². The number of aromatic nitrogens is 3. The summed E-state index contributed by atoms with van der Waals surface area (Å²) in [5.74, 6) is 0.888. The minimum Gasteiger partial charge on any atom is -0.493 e. The molecular formula is C35H39N7O4. The van der Waals surface area contributed by atoms with E-state index in [1.54, 1.807) is 30.3 Å². The molecule has 0 aliphatic carbocycles. The largest absolute Gasteiger partial charge is 0.493 e. The lowest BCUT2D eigenvalue weighted by Crippen LogP contribution is -2.19. The van der Waals surface area contributed by atoms with Gasteiger partial charge < -0.3 is 29.9 Å². The summed E-state index contributed by atoms with van der Waals surface area (Å²) >= 11 is 0. The molecule has 11 heteroatoms. The first-order valence-corrected chi connectivity index (χ1v) is 15.2. The average molecular weight is 622 g/mol. The van der Waals surface area contributed by atoms with Crippen molar-refractivity contribution in [3.8, 4) is 11.5 Å². The zero-order chi connectivity index (χ0) is 32.5. The highest BCUT2D eigenvalue weighted by Gasteiger charge is 2.17. The van der Waals surface area contributed by atoms with Gasteiger partial charge in [0.15, 0.2) is 0 Å². The number of fused-ring (bicyclic) bond motifs is 2. The van der Waals surface area contributed by atoms with Crippen LogP contribution in [0.5, 0.6) is 11.5 Å². The molecule has 0 unspecified atom stereocenters. The van der Waals surface area contributed by atoms with Crippen molar-refractivity contribution in [2.45, 2.75) is 12.8 Å². The van der Waals surface area contributed by atoms with Crippen molar-refractivity contribution in [2.75, 3.05) is 65.1 Å². The number of anilines is 2. The quantitative estimate of drug-likeness (QED) is 0.158. The van der Waals surface area contributed by atoms with E-state index in [4.69, 9.17) is 9.47 Å². The van der Waals surface area contributed by atoms with Gasteiger partial charge in [0.05, 0.1) is 24.2 Å². The Morgan fingerprint density at radius 3 is 1.48 bits per heavy atom. The molecule has 0 saturated heterocycles. The van der Waals surface area contributed by atoms with E-state index in [-0.39, 0.29) is 11.4 Å². The van der Waals surface area contributed by atoms with E-state index in [9.17, 15) is 9.59 Å². The number of ether oxygens (including phenoxy) is 2. The lowest BCUT2D eigenvalue weighted by molar-refractivity contribution is 0.101. The fourth-order valence-corrected chi connectivity index (χ4v) is 4.83. The molecule has 2 amide bonds. The van der Waals surface area contributed by atoms with Crippen LogP contribution >= 0.6 is 0 Å². The second-order valence-electron chi connectivity index (χ2n) is 11.4.